The molecule has 3 unspecified atom stereocenters. The summed E-state index contributed by atoms with van der Waals surface area (Å²) >= 11 is 6.05. The molecule has 1 heterocycles. The zero-order valence-electron chi connectivity index (χ0n) is 10.0. The van der Waals surface area contributed by atoms with E-state index in [1.807, 2.05) is 6.92 Å². The average molecular weight is 258 g/mol. The number of rotatable bonds is 2. The van der Waals surface area contributed by atoms with Crippen LogP contribution < -0.4 is 5.73 Å². The van der Waals surface area contributed by atoms with Crippen LogP contribution in [0.1, 0.15) is 30.5 Å². The van der Waals surface area contributed by atoms with Crippen LogP contribution in [0.4, 0.5) is 4.39 Å². The fourth-order valence-electron chi connectivity index (χ4n) is 2.29. The van der Waals surface area contributed by atoms with E-state index in [-0.39, 0.29) is 23.9 Å². The van der Waals surface area contributed by atoms with Crippen LogP contribution in [0.25, 0.3) is 0 Å². The van der Waals surface area contributed by atoms with E-state index in [1.165, 1.54) is 6.07 Å². The van der Waals surface area contributed by atoms with Gasteiger partial charge in [0.2, 0.25) is 0 Å². The standard InChI is InChI=1S/C13H17ClFNO/c1-7-3-10(11(14)5-12(7)15)13(16)9-4-8(2)17-6-9/h3,5,8-9,13H,4,6,16H2,1-2H3. The number of aryl methyl sites for hydroxylation is 1. The summed E-state index contributed by atoms with van der Waals surface area (Å²) in [6.07, 6.45) is 1.17. The molecule has 1 aliphatic heterocycles. The molecule has 1 aromatic carbocycles. The Hall–Kier alpha value is -0.640. The SMILES string of the molecule is Cc1cc(C(N)C2COC(C)C2)c(Cl)cc1F. The maximum absolute atomic E-state index is 13.3. The number of hydrogen-bond acceptors (Lipinski definition) is 2. The minimum Gasteiger partial charge on any atom is -0.378 e. The highest BCUT2D eigenvalue weighted by Crippen LogP contribution is 2.34. The lowest BCUT2D eigenvalue weighted by molar-refractivity contribution is 0.118. The minimum atomic E-state index is -0.290. The lowest BCUT2D eigenvalue weighted by Crippen LogP contribution is -2.22. The first kappa shape index (κ1) is 12.8. The van der Waals surface area contributed by atoms with Gasteiger partial charge in [0.15, 0.2) is 0 Å². The monoisotopic (exact) mass is 257 g/mol. The Kier molecular flexibility index (Phi) is 3.71. The van der Waals surface area contributed by atoms with Crippen LogP contribution in [-0.4, -0.2) is 12.7 Å². The van der Waals surface area contributed by atoms with Crippen molar-refractivity contribution in [3.8, 4) is 0 Å². The van der Waals surface area contributed by atoms with Crippen molar-refractivity contribution < 1.29 is 9.13 Å². The molecule has 2 N–H and O–H groups in total. The molecule has 17 heavy (non-hydrogen) atoms. The van der Waals surface area contributed by atoms with E-state index in [0.717, 1.165) is 12.0 Å². The molecule has 2 nitrogen and oxygen atoms in total. The molecule has 1 aliphatic rings. The second-order valence-corrected chi connectivity index (χ2v) is 5.20. The molecule has 0 aliphatic carbocycles. The quantitative estimate of drug-likeness (QED) is 0.883. The summed E-state index contributed by atoms with van der Waals surface area (Å²) in [5.41, 5.74) is 7.58. The number of benzene rings is 1. The first-order chi connectivity index (χ1) is 7.99. The van der Waals surface area contributed by atoms with E-state index in [4.69, 9.17) is 22.1 Å². The number of ether oxygens (including phenoxy) is 1. The number of nitrogens with two attached hydrogens (primary N) is 1. The molecule has 1 saturated heterocycles. The van der Waals surface area contributed by atoms with Crippen molar-refractivity contribution in [1.29, 1.82) is 0 Å². The van der Waals surface area contributed by atoms with Gasteiger partial charge in [-0.25, -0.2) is 4.39 Å². The molecule has 2 rings (SSSR count). The highest BCUT2D eigenvalue weighted by Gasteiger charge is 2.29. The van der Waals surface area contributed by atoms with Crippen molar-refractivity contribution in [3.05, 3.63) is 34.1 Å². The van der Waals surface area contributed by atoms with Gasteiger partial charge in [-0.15, -0.1) is 0 Å². The molecule has 0 spiro atoms. The Morgan fingerprint density at radius 3 is 2.82 bits per heavy atom. The smallest absolute Gasteiger partial charge is 0.127 e. The summed E-state index contributed by atoms with van der Waals surface area (Å²) in [5.74, 6) is -0.0330. The van der Waals surface area contributed by atoms with Gasteiger partial charge >= 0.3 is 0 Å². The normalized spacial score (nSPS) is 26.2. The minimum absolute atomic E-state index is 0.188. The third-order valence-corrected chi connectivity index (χ3v) is 3.70. The molecular weight excluding hydrogens is 241 g/mol. The number of hydrogen-bond donors (Lipinski definition) is 1. The van der Waals surface area contributed by atoms with Crippen molar-refractivity contribution in [3.63, 3.8) is 0 Å². The molecule has 94 valence electrons. The maximum atomic E-state index is 13.3. The summed E-state index contributed by atoms with van der Waals surface area (Å²) in [7, 11) is 0. The Labute approximate surface area is 106 Å². The average Bonchev–Trinajstić information content (AvgIpc) is 2.69. The zero-order valence-corrected chi connectivity index (χ0v) is 10.8. The lowest BCUT2D eigenvalue weighted by atomic mass is 9.91. The van der Waals surface area contributed by atoms with Gasteiger partial charge in [0.25, 0.3) is 0 Å². The summed E-state index contributed by atoms with van der Waals surface area (Å²) in [6.45, 7) is 4.40. The first-order valence-electron chi connectivity index (χ1n) is 5.81. The van der Waals surface area contributed by atoms with Gasteiger partial charge in [0.1, 0.15) is 5.82 Å². The van der Waals surface area contributed by atoms with Crippen molar-refractivity contribution in [2.24, 2.45) is 11.7 Å². The Morgan fingerprint density at radius 1 is 1.53 bits per heavy atom. The van der Waals surface area contributed by atoms with Crippen LogP contribution in [0.5, 0.6) is 0 Å². The molecule has 0 aromatic heterocycles. The van der Waals surface area contributed by atoms with E-state index in [1.54, 1.807) is 13.0 Å². The van der Waals surface area contributed by atoms with Crippen molar-refractivity contribution in [1.82, 2.24) is 0 Å². The van der Waals surface area contributed by atoms with Crippen LogP contribution >= 0.6 is 11.6 Å². The van der Waals surface area contributed by atoms with Crippen LogP contribution in [0, 0.1) is 18.7 Å². The summed E-state index contributed by atoms with van der Waals surface area (Å²) in [4.78, 5) is 0. The van der Waals surface area contributed by atoms with Crippen LogP contribution in [0.3, 0.4) is 0 Å². The van der Waals surface area contributed by atoms with Crippen LogP contribution in [0.15, 0.2) is 12.1 Å². The molecular formula is C13H17ClFNO. The zero-order chi connectivity index (χ0) is 12.6. The van der Waals surface area contributed by atoms with Gasteiger partial charge in [-0.2, -0.15) is 0 Å². The van der Waals surface area contributed by atoms with E-state index >= 15 is 0 Å². The largest absolute Gasteiger partial charge is 0.378 e. The van der Waals surface area contributed by atoms with E-state index in [9.17, 15) is 4.39 Å². The van der Waals surface area contributed by atoms with Gasteiger partial charge in [0.05, 0.1) is 12.7 Å². The topological polar surface area (TPSA) is 35.2 Å². The third kappa shape index (κ3) is 2.62. The highest BCUT2D eigenvalue weighted by molar-refractivity contribution is 6.31. The highest BCUT2D eigenvalue weighted by atomic mass is 35.5. The Bertz CT molecular complexity index is 424. The van der Waals surface area contributed by atoms with Gasteiger partial charge in [-0.3, -0.25) is 0 Å². The summed E-state index contributed by atoms with van der Waals surface area (Å²) in [6, 6.07) is 2.89. The van der Waals surface area contributed by atoms with Gasteiger partial charge < -0.3 is 10.5 Å². The van der Waals surface area contributed by atoms with Crippen LogP contribution in [0.2, 0.25) is 5.02 Å². The fourth-order valence-corrected chi connectivity index (χ4v) is 2.57. The summed E-state index contributed by atoms with van der Waals surface area (Å²) < 4.78 is 18.8. The first-order valence-corrected chi connectivity index (χ1v) is 6.19. The van der Waals surface area contributed by atoms with Crippen molar-refractivity contribution >= 4 is 11.6 Å². The van der Waals surface area contributed by atoms with Gasteiger partial charge in [-0.05, 0) is 37.5 Å². The molecule has 0 saturated carbocycles. The molecule has 0 radical (unpaired) electrons. The van der Waals surface area contributed by atoms with E-state index in [2.05, 4.69) is 0 Å². The second-order valence-electron chi connectivity index (χ2n) is 4.79. The number of halogens is 2. The van der Waals surface area contributed by atoms with E-state index in [0.29, 0.717) is 17.2 Å². The van der Waals surface area contributed by atoms with Crippen molar-refractivity contribution in [2.75, 3.05) is 6.61 Å². The molecule has 0 bridgehead atoms. The molecule has 1 aromatic rings. The summed E-state index contributed by atoms with van der Waals surface area (Å²) in [5, 5.41) is 0.403. The maximum Gasteiger partial charge on any atom is 0.127 e. The molecule has 0 amide bonds. The third-order valence-electron chi connectivity index (χ3n) is 3.37. The van der Waals surface area contributed by atoms with Crippen LogP contribution in [-0.2, 0) is 4.74 Å². The Morgan fingerprint density at radius 2 is 2.24 bits per heavy atom. The molecule has 4 heteroatoms. The lowest BCUT2D eigenvalue weighted by Gasteiger charge is -2.20. The molecule has 1 fully saturated rings. The molecule has 3 atom stereocenters. The fraction of sp³-hybridized carbons (Fsp3) is 0.538. The predicted molar refractivity (Wildman–Crippen MR) is 66.6 cm³/mol. The van der Waals surface area contributed by atoms with Crippen molar-refractivity contribution in [2.45, 2.75) is 32.4 Å². The van der Waals surface area contributed by atoms with E-state index < -0.39 is 0 Å². The van der Waals surface area contributed by atoms with Gasteiger partial charge in [-0.1, -0.05) is 17.7 Å². The predicted octanol–water partition coefficient (Wildman–Crippen LogP) is 3.21. The second kappa shape index (κ2) is 4.92. The van der Waals surface area contributed by atoms with Gasteiger partial charge in [0, 0.05) is 17.0 Å². The Balaban J connectivity index is 2.24.